The van der Waals surface area contributed by atoms with E-state index in [2.05, 4.69) is 22.3 Å². The number of rotatable bonds is 7. The zero-order valence-electron chi connectivity index (χ0n) is 12.3. The summed E-state index contributed by atoms with van der Waals surface area (Å²) in [6.45, 7) is 4.13. The summed E-state index contributed by atoms with van der Waals surface area (Å²) in [4.78, 5) is 16.0. The van der Waals surface area contributed by atoms with Crippen LogP contribution in [0, 0.1) is 0 Å². The molecule has 0 fully saturated rings. The van der Waals surface area contributed by atoms with Crippen molar-refractivity contribution in [1.82, 2.24) is 20.1 Å². The molecule has 0 spiro atoms. The van der Waals surface area contributed by atoms with Crippen molar-refractivity contribution in [2.45, 2.75) is 37.9 Å². The lowest BCUT2D eigenvalue weighted by Crippen LogP contribution is -2.33. The van der Waals surface area contributed by atoms with E-state index in [-0.39, 0.29) is 11.9 Å². The fraction of sp³-hybridized carbons (Fsp3) is 0.400. The van der Waals surface area contributed by atoms with Crippen LogP contribution in [0.25, 0.3) is 5.69 Å². The van der Waals surface area contributed by atoms with Crippen LogP contribution in [0.2, 0.25) is 0 Å². The van der Waals surface area contributed by atoms with Crippen LogP contribution in [0.15, 0.2) is 41.8 Å². The normalized spacial score (nSPS) is 12.1. The maximum Gasteiger partial charge on any atom is 0.230 e. The quantitative estimate of drug-likeness (QED) is 0.799. The van der Waals surface area contributed by atoms with Crippen molar-refractivity contribution in [2.75, 3.05) is 5.75 Å². The predicted molar refractivity (Wildman–Crippen MR) is 84.6 cm³/mol. The number of amides is 1. The monoisotopic (exact) mass is 304 g/mol. The summed E-state index contributed by atoms with van der Waals surface area (Å²) in [5.74, 6) is 0.365. The number of carbonyl (C=O) groups excluding carboxylic acids is 1. The third-order valence-electron chi connectivity index (χ3n) is 2.95. The first-order valence-corrected chi connectivity index (χ1v) is 8.07. The number of hydrogen-bond donors (Lipinski definition) is 1. The van der Waals surface area contributed by atoms with Gasteiger partial charge in [-0.25, -0.2) is 9.67 Å². The van der Waals surface area contributed by atoms with E-state index in [1.54, 1.807) is 11.0 Å². The topological polar surface area (TPSA) is 59.8 Å². The number of benzene rings is 1. The summed E-state index contributed by atoms with van der Waals surface area (Å²) in [5.41, 5.74) is 0.956. The Bertz CT molecular complexity index is 570. The first kappa shape index (κ1) is 15.6. The molecule has 2 aromatic rings. The lowest BCUT2D eigenvalue weighted by molar-refractivity contribution is -0.119. The van der Waals surface area contributed by atoms with Gasteiger partial charge in [0.05, 0.1) is 11.4 Å². The maximum atomic E-state index is 11.8. The van der Waals surface area contributed by atoms with Crippen LogP contribution < -0.4 is 5.32 Å². The Morgan fingerprint density at radius 3 is 2.86 bits per heavy atom. The molecule has 0 saturated carbocycles. The minimum Gasteiger partial charge on any atom is -0.353 e. The van der Waals surface area contributed by atoms with E-state index in [9.17, 15) is 4.79 Å². The van der Waals surface area contributed by atoms with Gasteiger partial charge in [-0.05, 0) is 25.5 Å². The van der Waals surface area contributed by atoms with Gasteiger partial charge in [-0.3, -0.25) is 4.79 Å². The van der Waals surface area contributed by atoms with E-state index in [0.717, 1.165) is 18.5 Å². The average Bonchev–Trinajstić information content (AvgIpc) is 2.95. The second-order valence-electron chi connectivity index (χ2n) is 4.85. The summed E-state index contributed by atoms with van der Waals surface area (Å²) in [5, 5.41) is 7.93. The highest BCUT2D eigenvalue weighted by molar-refractivity contribution is 7.99. The molecule has 0 aliphatic heterocycles. The molecule has 1 atom stereocenters. The van der Waals surface area contributed by atoms with Crippen LogP contribution in [0.5, 0.6) is 0 Å². The number of carbonyl (C=O) groups is 1. The minimum atomic E-state index is 0.0250. The van der Waals surface area contributed by atoms with Gasteiger partial charge in [-0.1, -0.05) is 43.3 Å². The summed E-state index contributed by atoms with van der Waals surface area (Å²) in [6.07, 6.45) is 3.73. The summed E-state index contributed by atoms with van der Waals surface area (Å²) in [6, 6.07) is 10.00. The van der Waals surface area contributed by atoms with E-state index in [1.807, 2.05) is 37.3 Å². The molecule has 1 unspecified atom stereocenters. The highest BCUT2D eigenvalue weighted by Gasteiger charge is 2.09. The Labute approximate surface area is 129 Å². The first-order valence-electron chi connectivity index (χ1n) is 7.08. The van der Waals surface area contributed by atoms with Gasteiger partial charge < -0.3 is 5.32 Å². The molecule has 0 saturated heterocycles. The number of thioether (sulfide) groups is 1. The molecule has 0 aliphatic rings. The van der Waals surface area contributed by atoms with Gasteiger partial charge in [0.1, 0.15) is 6.33 Å². The Balaban J connectivity index is 1.84. The van der Waals surface area contributed by atoms with E-state index < -0.39 is 0 Å². The van der Waals surface area contributed by atoms with Crippen LogP contribution >= 0.6 is 11.8 Å². The SMILES string of the molecule is CCCC(C)NC(=O)CSc1ncn(-c2ccccc2)n1. The fourth-order valence-electron chi connectivity index (χ4n) is 1.97. The van der Waals surface area contributed by atoms with Crippen molar-refractivity contribution in [1.29, 1.82) is 0 Å². The van der Waals surface area contributed by atoms with Crippen LogP contribution in [0.4, 0.5) is 0 Å². The van der Waals surface area contributed by atoms with Gasteiger partial charge in [-0.2, -0.15) is 0 Å². The van der Waals surface area contributed by atoms with Crippen LogP contribution in [0.1, 0.15) is 26.7 Å². The Hall–Kier alpha value is -1.82. The molecule has 1 amide bonds. The molecule has 2 rings (SSSR count). The molecule has 1 aromatic carbocycles. The molecule has 6 heteroatoms. The summed E-state index contributed by atoms with van der Waals surface area (Å²) in [7, 11) is 0. The highest BCUT2D eigenvalue weighted by Crippen LogP contribution is 2.13. The van der Waals surface area contributed by atoms with Crippen LogP contribution in [-0.2, 0) is 4.79 Å². The lowest BCUT2D eigenvalue weighted by atomic mass is 10.2. The molecule has 21 heavy (non-hydrogen) atoms. The standard InChI is InChI=1S/C15H20N4OS/c1-3-7-12(2)17-14(20)10-21-15-16-11-19(18-15)13-8-5-4-6-9-13/h4-6,8-9,11-12H,3,7,10H2,1-2H3,(H,17,20). The van der Waals surface area contributed by atoms with Crippen molar-refractivity contribution in [3.8, 4) is 5.69 Å². The highest BCUT2D eigenvalue weighted by atomic mass is 32.2. The van der Waals surface area contributed by atoms with Gasteiger partial charge in [0, 0.05) is 6.04 Å². The molecule has 112 valence electrons. The van der Waals surface area contributed by atoms with Gasteiger partial charge >= 0.3 is 0 Å². The number of hydrogen-bond acceptors (Lipinski definition) is 4. The molecule has 0 radical (unpaired) electrons. The summed E-state index contributed by atoms with van der Waals surface area (Å²) >= 11 is 1.35. The van der Waals surface area contributed by atoms with Crippen LogP contribution in [-0.4, -0.2) is 32.5 Å². The Morgan fingerprint density at radius 2 is 2.14 bits per heavy atom. The van der Waals surface area contributed by atoms with E-state index >= 15 is 0 Å². The molecule has 1 aromatic heterocycles. The van der Waals surface area contributed by atoms with Crippen molar-refractivity contribution in [3.63, 3.8) is 0 Å². The van der Waals surface area contributed by atoms with Gasteiger partial charge in [0.25, 0.3) is 0 Å². The first-order chi connectivity index (χ1) is 10.2. The van der Waals surface area contributed by atoms with E-state index in [0.29, 0.717) is 10.9 Å². The molecule has 0 bridgehead atoms. The Kier molecular flexibility index (Phi) is 5.80. The second kappa shape index (κ2) is 7.83. The van der Waals surface area contributed by atoms with Gasteiger partial charge in [0.2, 0.25) is 11.1 Å². The summed E-state index contributed by atoms with van der Waals surface area (Å²) < 4.78 is 1.71. The third kappa shape index (κ3) is 4.90. The molecule has 1 heterocycles. The molecule has 5 nitrogen and oxygen atoms in total. The van der Waals surface area contributed by atoms with Crippen molar-refractivity contribution >= 4 is 17.7 Å². The zero-order chi connectivity index (χ0) is 15.1. The lowest BCUT2D eigenvalue weighted by Gasteiger charge is -2.11. The zero-order valence-corrected chi connectivity index (χ0v) is 13.1. The molecular formula is C15H20N4OS. The van der Waals surface area contributed by atoms with Crippen molar-refractivity contribution in [2.24, 2.45) is 0 Å². The molecule has 0 aliphatic carbocycles. The van der Waals surface area contributed by atoms with Gasteiger partial charge in [0.15, 0.2) is 0 Å². The van der Waals surface area contributed by atoms with Crippen molar-refractivity contribution in [3.05, 3.63) is 36.7 Å². The van der Waals surface area contributed by atoms with Crippen LogP contribution in [0.3, 0.4) is 0 Å². The number of aromatic nitrogens is 3. The largest absolute Gasteiger partial charge is 0.353 e. The second-order valence-corrected chi connectivity index (χ2v) is 5.80. The molecular weight excluding hydrogens is 284 g/mol. The smallest absolute Gasteiger partial charge is 0.230 e. The van der Waals surface area contributed by atoms with E-state index in [1.165, 1.54) is 11.8 Å². The number of nitrogens with zero attached hydrogens (tertiary/aromatic N) is 3. The minimum absolute atomic E-state index is 0.0250. The average molecular weight is 304 g/mol. The Morgan fingerprint density at radius 1 is 1.38 bits per heavy atom. The number of nitrogens with one attached hydrogen (secondary N) is 1. The predicted octanol–water partition coefficient (Wildman–Crippen LogP) is 2.66. The number of para-hydroxylation sites is 1. The van der Waals surface area contributed by atoms with Crippen molar-refractivity contribution < 1.29 is 4.79 Å². The maximum absolute atomic E-state index is 11.8. The fourth-order valence-corrected chi connectivity index (χ4v) is 2.58. The third-order valence-corrected chi connectivity index (χ3v) is 3.80. The van der Waals surface area contributed by atoms with Gasteiger partial charge in [-0.15, -0.1) is 5.10 Å². The van der Waals surface area contributed by atoms with E-state index in [4.69, 9.17) is 0 Å². The molecule has 1 N–H and O–H groups in total.